The molecule has 0 aromatic carbocycles. The minimum absolute atomic E-state index is 0.0152. The number of carbonyl (C=O) groups is 1. The maximum absolute atomic E-state index is 11.8. The van der Waals surface area contributed by atoms with E-state index in [0.29, 0.717) is 11.3 Å². The first kappa shape index (κ1) is 13.4. The Labute approximate surface area is 104 Å². The van der Waals surface area contributed by atoms with Crippen LogP contribution in [-0.2, 0) is 0 Å². The average molecular weight is 256 g/mol. The van der Waals surface area contributed by atoms with Crippen LogP contribution >= 0.6 is 11.3 Å². The molecule has 1 rings (SSSR count). The van der Waals surface area contributed by atoms with Crippen LogP contribution in [0.3, 0.4) is 0 Å². The Bertz CT molecular complexity index is 416. The molecule has 4 N–H and O–H groups in total. The van der Waals surface area contributed by atoms with Crippen LogP contribution < -0.4 is 11.1 Å². The number of amidine groups is 1. The summed E-state index contributed by atoms with van der Waals surface area (Å²) in [5.41, 5.74) is 5.51. The molecule has 17 heavy (non-hydrogen) atoms. The Hall–Kier alpha value is -1.63. The third-order valence-corrected chi connectivity index (χ3v) is 3.11. The third kappa shape index (κ3) is 3.70. The first-order valence-corrected chi connectivity index (χ1v) is 6.10. The lowest BCUT2D eigenvalue weighted by molar-refractivity contribution is 0.0948. The van der Waals surface area contributed by atoms with Gasteiger partial charge >= 0.3 is 0 Å². The topological polar surface area (TPSA) is 101 Å². The molecule has 1 heterocycles. The molecule has 7 heteroatoms. The highest BCUT2D eigenvalue weighted by Crippen LogP contribution is 2.11. The standard InChI is InChI=1S/C10H16N4O2S/c1-3-4-7(9(11)14-16)13-10(15)8-5-12-6(2)17-8/h5,7,16H,3-4H2,1-2H3,(H2,11,14)(H,13,15). The lowest BCUT2D eigenvalue weighted by atomic mass is 10.1. The van der Waals surface area contributed by atoms with E-state index in [1.165, 1.54) is 17.5 Å². The van der Waals surface area contributed by atoms with Gasteiger partial charge in [-0.25, -0.2) is 4.98 Å². The summed E-state index contributed by atoms with van der Waals surface area (Å²) in [7, 11) is 0. The summed E-state index contributed by atoms with van der Waals surface area (Å²) in [5, 5.41) is 15.1. The normalized spacial score (nSPS) is 13.4. The van der Waals surface area contributed by atoms with E-state index in [4.69, 9.17) is 10.9 Å². The lowest BCUT2D eigenvalue weighted by Gasteiger charge is -2.15. The van der Waals surface area contributed by atoms with Crippen LogP contribution in [0.2, 0.25) is 0 Å². The van der Waals surface area contributed by atoms with Gasteiger partial charge in [0, 0.05) is 0 Å². The Balaban J connectivity index is 2.70. The summed E-state index contributed by atoms with van der Waals surface area (Å²) >= 11 is 1.31. The van der Waals surface area contributed by atoms with Gasteiger partial charge in [0.15, 0.2) is 5.84 Å². The molecular weight excluding hydrogens is 240 g/mol. The molecule has 0 radical (unpaired) electrons. The number of hydrogen-bond donors (Lipinski definition) is 3. The Morgan fingerprint density at radius 2 is 2.47 bits per heavy atom. The SMILES string of the molecule is CCCC(NC(=O)c1cnc(C)s1)C(N)=NO. The highest BCUT2D eigenvalue weighted by molar-refractivity contribution is 7.13. The second-order valence-corrected chi connectivity index (χ2v) is 4.82. The molecule has 1 aromatic rings. The van der Waals surface area contributed by atoms with Crippen molar-refractivity contribution in [3.05, 3.63) is 16.1 Å². The molecule has 1 atom stereocenters. The van der Waals surface area contributed by atoms with Gasteiger partial charge in [-0.3, -0.25) is 4.79 Å². The largest absolute Gasteiger partial charge is 0.409 e. The van der Waals surface area contributed by atoms with Gasteiger partial charge in [-0.05, 0) is 13.3 Å². The molecule has 0 fully saturated rings. The molecule has 0 aliphatic heterocycles. The quantitative estimate of drug-likeness (QED) is 0.318. The van der Waals surface area contributed by atoms with Crippen molar-refractivity contribution in [3.8, 4) is 0 Å². The molecule has 6 nitrogen and oxygen atoms in total. The number of oxime groups is 1. The number of thiazole rings is 1. The molecular formula is C10H16N4O2S. The zero-order chi connectivity index (χ0) is 12.8. The van der Waals surface area contributed by atoms with E-state index in [1.54, 1.807) is 0 Å². The predicted molar refractivity (Wildman–Crippen MR) is 66.4 cm³/mol. The van der Waals surface area contributed by atoms with Crippen molar-refractivity contribution >= 4 is 23.1 Å². The van der Waals surface area contributed by atoms with Crippen molar-refractivity contribution in [2.45, 2.75) is 32.7 Å². The summed E-state index contributed by atoms with van der Waals surface area (Å²) in [6.45, 7) is 3.79. The fraction of sp³-hybridized carbons (Fsp3) is 0.500. The van der Waals surface area contributed by atoms with Crippen molar-refractivity contribution in [1.29, 1.82) is 0 Å². The number of aromatic nitrogens is 1. The van der Waals surface area contributed by atoms with Gasteiger partial charge in [-0.2, -0.15) is 0 Å². The zero-order valence-corrected chi connectivity index (χ0v) is 10.6. The summed E-state index contributed by atoms with van der Waals surface area (Å²) in [6.07, 6.45) is 2.97. The number of nitrogens with one attached hydrogen (secondary N) is 1. The zero-order valence-electron chi connectivity index (χ0n) is 9.80. The van der Waals surface area contributed by atoms with Gasteiger partial charge in [0.25, 0.3) is 5.91 Å². The predicted octanol–water partition coefficient (Wildman–Crippen LogP) is 1.10. The van der Waals surface area contributed by atoms with Gasteiger partial charge < -0.3 is 16.3 Å². The monoisotopic (exact) mass is 256 g/mol. The van der Waals surface area contributed by atoms with Gasteiger partial charge in [-0.15, -0.1) is 11.3 Å². The van der Waals surface area contributed by atoms with Crippen LogP contribution in [0, 0.1) is 6.92 Å². The molecule has 0 saturated carbocycles. The van der Waals surface area contributed by atoms with E-state index in [2.05, 4.69) is 15.5 Å². The Kier molecular flexibility index (Phi) is 4.89. The molecule has 0 saturated heterocycles. The van der Waals surface area contributed by atoms with Gasteiger partial charge in [-0.1, -0.05) is 18.5 Å². The summed E-state index contributed by atoms with van der Waals surface area (Å²) in [6, 6.07) is -0.445. The number of hydrogen-bond acceptors (Lipinski definition) is 5. The molecule has 1 unspecified atom stereocenters. The number of carbonyl (C=O) groups excluding carboxylic acids is 1. The Morgan fingerprint density at radius 1 is 1.76 bits per heavy atom. The van der Waals surface area contributed by atoms with Crippen LogP contribution in [0.1, 0.15) is 34.4 Å². The maximum atomic E-state index is 11.8. The summed E-state index contributed by atoms with van der Waals surface area (Å²) < 4.78 is 0. The second-order valence-electron chi connectivity index (χ2n) is 3.58. The van der Waals surface area contributed by atoms with E-state index in [1.807, 2.05) is 13.8 Å². The molecule has 94 valence electrons. The molecule has 0 aliphatic carbocycles. The van der Waals surface area contributed by atoms with E-state index in [9.17, 15) is 4.79 Å². The van der Waals surface area contributed by atoms with E-state index in [0.717, 1.165) is 11.4 Å². The highest BCUT2D eigenvalue weighted by atomic mass is 32.1. The maximum Gasteiger partial charge on any atom is 0.263 e. The van der Waals surface area contributed by atoms with E-state index < -0.39 is 6.04 Å². The average Bonchev–Trinajstić information content (AvgIpc) is 2.74. The van der Waals surface area contributed by atoms with Gasteiger partial charge in [0.1, 0.15) is 4.88 Å². The summed E-state index contributed by atoms with van der Waals surface area (Å²) in [5.74, 6) is -0.234. The van der Waals surface area contributed by atoms with Crippen LogP contribution in [-0.4, -0.2) is 28.0 Å². The van der Waals surface area contributed by atoms with E-state index >= 15 is 0 Å². The smallest absolute Gasteiger partial charge is 0.263 e. The lowest BCUT2D eigenvalue weighted by Crippen LogP contribution is -2.44. The van der Waals surface area contributed by atoms with Crippen LogP contribution in [0.25, 0.3) is 0 Å². The third-order valence-electron chi connectivity index (χ3n) is 2.20. The minimum Gasteiger partial charge on any atom is -0.409 e. The Morgan fingerprint density at radius 3 is 2.94 bits per heavy atom. The van der Waals surface area contributed by atoms with Gasteiger partial charge in [0.2, 0.25) is 0 Å². The van der Waals surface area contributed by atoms with Crippen molar-refractivity contribution in [3.63, 3.8) is 0 Å². The molecule has 0 bridgehead atoms. The van der Waals surface area contributed by atoms with Crippen LogP contribution in [0.4, 0.5) is 0 Å². The number of nitrogens with two attached hydrogens (primary N) is 1. The molecule has 1 aromatic heterocycles. The number of rotatable bonds is 5. The fourth-order valence-corrected chi connectivity index (χ4v) is 2.03. The van der Waals surface area contributed by atoms with Crippen molar-refractivity contribution in [2.24, 2.45) is 10.9 Å². The number of aryl methyl sites for hydroxylation is 1. The molecule has 0 spiro atoms. The van der Waals surface area contributed by atoms with Crippen molar-refractivity contribution in [1.82, 2.24) is 10.3 Å². The van der Waals surface area contributed by atoms with Crippen molar-refractivity contribution < 1.29 is 10.0 Å². The number of amides is 1. The van der Waals surface area contributed by atoms with Crippen molar-refractivity contribution in [2.75, 3.05) is 0 Å². The summed E-state index contributed by atoms with van der Waals surface area (Å²) in [4.78, 5) is 16.4. The number of nitrogens with zero attached hydrogens (tertiary/aromatic N) is 2. The molecule has 1 amide bonds. The molecule has 0 aliphatic rings. The highest BCUT2D eigenvalue weighted by Gasteiger charge is 2.18. The first-order valence-electron chi connectivity index (χ1n) is 5.29. The fourth-order valence-electron chi connectivity index (χ4n) is 1.35. The van der Waals surface area contributed by atoms with Crippen LogP contribution in [0.5, 0.6) is 0 Å². The second kappa shape index (κ2) is 6.19. The van der Waals surface area contributed by atoms with E-state index in [-0.39, 0.29) is 11.7 Å². The van der Waals surface area contributed by atoms with Gasteiger partial charge in [0.05, 0.1) is 17.2 Å². The minimum atomic E-state index is -0.445. The first-order chi connectivity index (χ1) is 8.08. The van der Waals surface area contributed by atoms with Crippen LogP contribution in [0.15, 0.2) is 11.4 Å².